The number of hydrogen-bond donors (Lipinski definition) is 2. The molecule has 17 heavy (non-hydrogen) atoms. The summed E-state index contributed by atoms with van der Waals surface area (Å²) < 4.78 is 1.20. The summed E-state index contributed by atoms with van der Waals surface area (Å²) in [5.74, 6) is 0.878. The van der Waals surface area contributed by atoms with E-state index in [4.69, 9.17) is 0 Å². The number of hydrogen-bond acceptors (Lipinski definition) is 3. The normalized spacial score (nSPS) is 25.1. The van der Waals surface area contributed by atoms with E-state index in [0.717, 1.165) is 18.5 Å². The van der Waals surface area contributed by atoms with Gasteiger partial charge in [0.2, 0.25) is 0 Å². The minimum absolute atomic E-state index is 0.763. The molecule has 1 saturated carbocycles. The number of nitrogens with one attached hydrogen (secondary N) is 2. The van der Waals surface area contributed by atoms with Crippen LogP contribution >= 0.6 is 27.3 Å². The van der Waals surface area contributed by atoms with Gasteiger partial charge in [-0.1, -0.05) is 0 Å². The smallest absolute Gasteiger partial charge is 0.0300 e. The first-order chi connectivity index (χ1) is 8.28. The van der Waals surface area contributed by atoms with Gasteiger partial charge in [0.25, 0.3) is 0 Å². The van der Waals surface area contributed by atoms with Gasteiger partial charge in [0, 0.05) is 27.3 Å². The van der Waals surface area contributed by atoms with Gasteiger partial charge in [-0.05, 0) is 67.2 Å². The fraction of sp³-hybridized carbons (Fsp3) is 0.692. The van der Waals surface area contributed by atoms with E-state index in [2.05, 4.69) is 45.1 Å². The lowest BCUT2D eigenvalue weighted by atomic mass is 9.86. The van der Waals surface area contributed by atoms with E-state index in [9.17, 15) is 0 Å². The van der Waals surface area contributed by atoms with E-state index in [-0.39, 0.29) is 0 Å². The molecule has 1 aromatic rings. The Kier molecular flexibility index (Phi) is 5.48. The summed E-state index contributed by atoms with van der Waals surface area (Å²) in [6.45, 7) is 2.19. The first kappa shape index (κ1) is 13.5. The molecule has 2 rings (SSSR count). The maximum absolute atomic E-state index is 3.59. The van der Waals surface area contributed by atoms with Gasteiger partial charge >= 0.3 is 0 Å². The fourth-order valence-electron chi connectivity index (χ4n) is 2.50. The Bertz CT molecular complexity index is 332. The zero-order valence-corrected chi connectivity index (χ0v) is 12.7. The Morgan fingerprint density at radius 2 is 2.12 bits per heavy atom. The second kappa shape index (κ2) is 6.88. The third kappa shape index (κ3) is 4.36. The SMILES string of the molecule is CNC1CCC(CNCc2cc(Br)cs2)CC1. The number of halogens is 1. The van der Waals surface area contributed by atoms with Gasteiger partial charge in [-0.3, -0.25) is 0 Å². The van der Waals surface area contributed by atoms with Crippen molar-refractivity contribution in [2.45, 2.75) is 38.3 Å². The summed E-state index contributed by atoms with van der Waals surface area (Å²) in [5.41, 5.74) is 0. The molecular formula is C13H21BrN2S. The van der Waals surface area contributed by atoms with Gasteiger partial charge in [-0.25, -0.2) is 0 Å². The first-order valence-corrected chi connectivity index (χ1v) is 8.06. The van der Waals surface area contributed by atoms with Crippen LogP contribution in [-0.2, 0) is 6.54 Å². The Morgan fingerprint density at radius 3 is 2.71 bits per heavy atom. The van der Waals surface area contributed by atoms with Crippen LogP contribution in [0.15, 0.2) is 15.9 Å². The summed E-state index contributed by atoms with van der Waals surface area (Å²) in [5, 5.41) is 9.12. The van der Waals surface area contributed by atoms with Crippen LogP contribution in [0.5, 0.6) is 0 Å². The van der Waals surface area contributed by atoms with Crippen LogP contribution in [0, 0.1) is 5.92 Å². The quantitative estimate of drug-likeness (QED) is 0.870. The molecule has 1 fully saturated rings. The molecule has 0 unspecified atom stereocenters. The zero-order valence-electron chi connectivity index (χ0n) is 10.3. The highest BCUT2D eigenvalue weighted by Gasteiger charge is 2.19. The fourth-order valence-corrected chi connectivity index (χ4v) is 3.92. The number of rotatable bonds is 5. The van der Waals surface area contributed by atoms with E-state index in [1.165, 1.54) is 41.6 Å². The maximum Gasteiger partial charge on any atom is 0.0300 e. The first-order valence-electron chi connectivity index (χ1n) is 6.39. The largest absolute Gasteiger partial charge is 0.317 e. The van der Waals surface area contributed by atoms with Crippen molar-refractivity contribution in [3.63, 3.8) is 0 Å². The van der Waals surface area contributed by atoms with Crippen molar-refractivity contribution >= 4 is 27.3 Å². The average Bonchev–Trinajstić information content (AvgIpc) is 2.76. The highest BCUT2D eigenvalue weighted by molar-refractivity contribution is 9.10. The highest BCUT2D eigenvalue weighted by Crippen LogP contribution is 2.24. The molecule has 96 valence electrons. The van der Waals surface area contributed by atoms with Crippen LogP contribution < -0.4 is 10.6 Å². The molecular weight excluding hydrogens is 296 g/mol. The Balaban J connectivity index is 1.63. The summed E-state index contributed by atoms with van der Waals surface area (Å²) >= 11 is 5.31. The van der Waals surface area contributed by atoms with E-state index < -0.39 is 0 Å². The van der Waals surface area contributed by atoms with Gasteiger partial charge < -0.3 is 10.6 Å². The van der Waals surface area contributed by atoms with E-state index in [0.29, 0.717) is 0 Å². The summed E-state index contributed by atoms with van der Waals surface area (Å²) in [6, 6.07) is 2.97. The van der Waals surface area contributed by atoms with E-state index >= 15 is 0 Å². The summed E-state index contributed by atoms with van der Waals surface area (Å²) in [4.78, 5) is 1.42. The third-order valence-corrected chi connectivity index (χ3v) is 5.31. The molecule has 0 bridgehead atoms. The van der Waals surface area contributed by atoms with Gasteiger partial charge in [0.15, 0.2) is 0 Å². The molecule has 2 nitrogen and oxygen atoms in total. The van der Waals surface area contributed by atoms with Crippen LogP contribution in [0.2, 0.25) is 0 Å². The molecule has 1 heterocycles. The summed E-state index contributed by atoms with van der Waals surface area (Å²) in [7, 11) is 2.08. The Labute approximate surface area is 116 Å². The lowest BCUT2D eigenvalue weighted by molar-refractivity contribution is 0.292. The standard InChI is InChI=1S/C13H21BrN2S/c1-15-12-4-2-10(3-5-12)7-16-8-13-6-11(14)9-17-13/h6,9-10,12,15-16H,2-5,7-8H2,1H3. The molecule has 0 spiro atoms. The van der Waals surface area contributed by atoms with Gasteiger partial charge in [0.1, 0.15) is 0 Å². The highest BCUT2D eigenvalue weighted by atomic mass is 79.9. The molecule has 0 amide bonds. The molecule has 0 atom stereocenters. The van der Waals surface area contributed by atoms with Crippen molar-refractivity contribution in [1.82, 2.24) is 10.6 Å². The Morgan fingerprint density at radius 1 is 1.35 bits per heavy atom. The minimum Gasteiger partial charge on any atom is -0.317 e. The van der Waals surface area contributed by atoms with Crippen LogP contribution in [0.1, 0.15) is 30.6 Å². The molecule has 0 aromatic carbocycles. The van der Waals surface area contributed by atoms with Crippen LogP contribution in [0.4, 0.5) is 0 Å². The second-order valence-electron chi connectivity index (χ2n) is 4.87. The van der Waals surface area contributed by atoms with Crippen molar-refractivity contribution in [3.8, 4) is 0 Å². The Hall–Kier alpha value is 0.1000. The molecule has 1 aliphatic rings. The lowest BCUT2D eigenvalue weighted by Gasteiger charge is -2.28. The van der Waals surface area contributed by atoms with Crippen molar-refractivity contribution in [2.75, 3.05) is 13.6 Å². The van der Waals surface area contributed by atoms with Gasteiger partial charge in [-0.15, -0.1) is 11.3 Å². The van der Waals surface area contributed by atoms with Crippen molar-refractivity contribution < 1.29 is 0 Å². The molecule has 0 aliphatic heterocycles. The van der Waals surface area contributed by atoms with Crippen LogP contribution in [0.3, 0.4) is 0 Å². The molecule has 1 aliphatic carbocycles. The van der Waals surface area contributed by atoms with E-state index in [1.54, 1.807) is 0 Å². The number of thiophene rings is 1. The monoisotopic (exact) mass is 316 g/mol. The van der Waals surface area contributed by atoms with Crippen molar-refractivity contribution in [3.05, 3.63) is 20.8 Å². The second-order valence-corrected chi connectivity index (χ2v) is 6.78. The van der Waals surface area contributed by atoms with Gasteiger partial charge in [-0.2, -0.15) is 0 Å². The third-order valence-electron chi connectivity index (χ3n) is 3.61. The summed E-state index contributed by atoms with van der Waals surface area (Å²) in [6.07, 6.45) is 5.42. The van der Waals surface area contributed by atoms with Crippen LogP contribution in [0.25, 0.3) is 0 Å². The molecule has 0 radical (unpaired) electrons. The molecule has 2 N–H and O–H groups in total. The topological polar surface area (TPSA) is 24.1 Å². The van der Waals surface area contributed by atoms with E-state index in [1.807, 2.05) is 11.3 Å². The average molecular weight is 317 g/mol. The lowest BCUT2D eigenvalue weighted by Crippen LogP contribution is -2.33. The predicted molar refractivity (Wildman–Crippen MR) is 78.5 cm³/mol. The molecule has 1 aromatic heterocycles. The molecule has 4 heteroatoms. The van der Waals surface area contributed by atoms with Crippen molar-refractivity contribution in [2.24, 2.45) is 5.92 Å². The van der Waals surface area contributed by atoms with Crippen LogP contribution in [-0.4, -0.2) is 19.6 Å². The van der Waals surface area contributed by atoms with Gasteiger partial charge in [0.05, 0.1) is 0 Å². The van der Waals surface area contributed by atoms with Crippen molar-refractivity contribution in [1.29, 1.82) is 0 Å². The molecule has 0 saturated heterocycles. The zero-order chi connectivity index (χ0) is 12.1. The maximum atomic E-state index is 3.59. The minimum atomic E-state index is 0.763. The predicted octanol–water partition coefficient (Wildman–Crippen LogP) is 3.38.